The molecule has 2 aromatic rings. The average molecular weight is 314 g/mol. The van der Waals surface area contributed by atoms with Crippen molar-refractivity contribution in [2.24, 2.45) is 0 Å². The van der Waals surface area contributed by atoms with Crippen molar-refractivity contribution in [3.63, 3.8) is 0 Å². The lowest BCUT2D eigenvalue weighted by Gasteiger charge is -2.26. The monoisotopic (exact) mass is 314 g/mol. The van der Waals surface area contributed by atoms with E-state index in [4.69, 9.17) is 4.74 Å². The van der Waals surface area contributed by atoms with Crippen LogP contribution in [0.3, 0.4) is 0 Å². The second-order valence-electron chi connectivity index (χ2n) is 6.10. The highest BCUT2D eigenvalue weighted by Gasteiger charge is 2.15. The molecule has 0 bridgehead atoms. The molecule has 6 nitrogen and oxygen atoms in total. The van der Waals surface area contributed by atoms with Crippen LogP contribution in [0.1, 0.15) is 36.6 Å². The molecular formula is C17H22N4O2. The van der Waals surface area contributed by atoms with Crippen LogP contribution in [0.25, 0.3) is 0 Å². The fourth-order valence-electron chi connectivity index (χ4n) is 2.60. The molecule has 0 amide bonds. The normalized spacial score (nSPS) is 15.2. The zero-order valence-electron chi connectivity index (χ0n) is 13.6. The highest BCUT2D eigenvalue weighted by Crippen LogP contribution is 2.15. The first-order chi connectivity index (χ1) is 11.1. The fraction of sp³-hybridized carbons (Fsp3) is 0.471. The maximum Gasteiger partial charge on any atom is 0.274 e. The van der Waals surface area contributed by atoms with Crippen LogP contribution in [-0.2, 0) is 11.2 Å². The lowest BCUT2D eigenvalue weighted by Crippen LogP contribution is -2.38. The number of morpholine rings is 1. The van der Waals surface area contributed by atoms with Crippen molar-refractivity contribution in [1.29, 1.82) is 0 Å². The third-order valence-corrected chi connectivity index (χ3v) is 4.08. The van der Waals surface area contributed by atoms with Gasteiger partial charge >= 0.3 is 0 Å². The second kappa shape index (κ2) is 6.91. The predicted octanol–water partition coefficient (Wildman–Crippen LogP) is 1.72. The molecule has 0 aliphatic carbocycles. The van der Waals surface area contributed by atoms with Gasteiger partial charge in [0.15, 0.2) is 0 Å². The molecule has 122 valence electrons. The Kier molecular flexibility index (Phi) is 4.71. The lowest BCUT2D eigenvalue weighted by molar-refractivity contribution is 0.122. The summed E-state index contributed by atoms with van der Waals surface area (Å²) in [5.74, 6) is 1.03. The first-order valence-electron chi connectivity index (χ1n) is 8.01. The van der Waals surface area contributed by atoms with Crippen LogP contribution in [0.15, 0.2) is 29.1 Å². The highest BCUT2D eigenvalue weighted by atomic mass is 16.5. The van der Waals surface area contributed by atoms with E-state index >= 15 is 0 Å². The molecule has 23 heavy (non-hydrogen) atoms. The SMILES string of the molecule is CC(C)c1ccc(Cc2nnc(N3CCOCC3)[nH]c2=O)cc1. The van der Waals surface area contributed by atoms with Gasteiger partial charge in [0.25, 0.3) is 5.56 Å². The van der Waals surface area contributed by atoms with Gasteiger partial charge in [0, 0.05) is 19.5 Å². The fourth-order valence-corrected chi connectivity index (χ4v) is 2.60. The number of hydrogen-bond acceptors (Lipinski definition) is 5. The number of H-pyrrole nitrogens is 1. The highest BCUT2D eigenvalue weighted by molar-refractivity contribution is 5.30. The number of anilines is 1. The maximum absolute atomic E-state index is 12.2. The van der Waals surface area contributed by atoms with Gasteiger partial charge < -0.3 is 9.64 Å². The number of ether oxygens (including phenoxy) is 1. The zero-order valence-corrected chi connectivity index (χ0v) is 13.6. The summed E-state index contributed by atoms with van der Waals surface area (Å²) in [4.78, 5) is 17.1. The van der Waals surface area contributed by atoms with Crippen molar-refractivity contribution in [2.45, 2.75) is 26.2 Å². The molecule has 3 rings (SSSR count). The molecule has 1 aromatic heterocycles. The predicted molar refractivity (Wildman–Crippen MR) is 89.0 cm³/mol. The maximum atomic E-state index is 12.2. The third-order valence-electron chi connectivity index (χ3n) is 4.08. The molecule has 0 radical (unpaired) electrons. The zero-order chi connectivity index (χ0) is 16.2. The van der Waals surface area contributed by atoms with E-state index in [2.05, 4.69) is 41.2 Å². The van der Waals surface area contributed by atoms with Crippen LogP contribution < -0.4 is 10.5 Å². The number of hydrogen-bond donors (Lipinski definition) is 1. The molecule has 0 spiro atoms. The third kappa shape index (κ3) is 3.76. The van der Waals surface area contributed by atoms with Crippen LogP contribution in [0, 0.1) is 0 Å². The number of aromatic nitrogens is 3. The molecule has 0 saturated carbocycles. The minimum atomic E-state index is -0.172. The Morgan fingerprint density at radius 1 is 1.17 bits per heavy atom. The van der Waals surface area contributed by atoms with Gasteiger partial charge in [-0.1, -0.05) is 38.1 Å². The minimum Gasteiger partial charge on any atom is -0.378 e. The summed E-state index contributed by atoms with van der Waals surface area (Å²) >= 11 is 0. The first-order valence-corrected chi connectivity index (χ1v) is 8.01. The van der Waals surface area contributed by atoms with Crippen molar-refractivity contribution in [1.82, 2.24) is 15.2 Å². The summed E-state index contributed by atoms with van der Waals surface area (Å²) in [6, 6.07) is 8.30. The first kappa shape index (κ1) is 15.7. The number of nitrogens with one attached hydrogen (secondary N) is 1. The van der Waals surface area contributed by atoms with E-state index in [0.29, 0.717) is 37.2 Å². The van der Waals surface area contributed by atoms with Crippen molar-refractivity contribution in [3.8, 4) is 0 Å². The molecule has 1 N–H and O–H groups in total. The standard InChI is InChI=1S/C17H22N4O2/c1-12(2)14-5-3-13(4-6-14)11-15-16(22)18-17(20-19-15)21-7-9-23-10-8-21/h3-6,12H,7-11H2,1-2H3,(H,18,20,22). The molecule has 1 aliphatic rings. The van der Waals surface area contributed by atoms with Gasteiger partial charge in [-0.2, -0.15) is 0 Å². The summed E-state index contributed by atoms with van der Waals surface area (Å²) in [5, 5.41) is 8.30. The van der Waals surface area contributed by atoms with Gasteiger partial charge in [-0.25, -0.2) is 0 Å². The van der Waals surface area contributed by atoms with Gasteiger partial charge in [-0.3, -0.25) is 9.78 Å². The molecule has 1 fully saturated rings. The van der Waals surface area contributed by atoms with Crippen LogP contribution in [0.2, 0.25) is 0 Å². The lowest BCUT2D eigenvalue weighted by atomic mass is 10.0. The summed E-state index contributed by atoms with van der Waals surface area (Å²) < 4.78 is 5.30. The average Bonchev–Trinajstić information content (AvgIpc) is 2.58. The van der Waals surface area contributed by atoms with E-state index in [-0.39, 0.29) is 5.56 Å². The van der Waals surface area contributed by atoms with E-state index in [0.717, 1.165) is 18.7 Å². The number of benzene rings is 1. The largest absolute Gasteiger partial charge is 0.378 e. The summed E-state index contributed by atoms with van der Waals surface area (Å²) in [5.41, 5.74) is 2.62. The summed E-state index contributed by atoms with van der Waals surface area (Å²) in [6.45, 7) is 7.06. The Balaban J connectivity index is 1.74. The molecule has 0 atom stereocenters. The van der Waals surface area contributed by atoms with Gasteiger partial charge in [-0.05, 0) is 17.0 Å². The minimum absolute atomic E-state index is 0.172. The van der Waals surface area contributed by atoms with E-state index in [9.17, 15) is 4.79 Å². The summed E-state index contributed by atoms with van der Waals surface area (Å²) in [7, 11) is 0. The molecule has 1 saturated heterocycles. The Morgan fingerprint density at radius 3 is 2.48 bits per heavy atom. The second-order valence-corrected chi connectivity index (χ2v) is 6.10. The Hall–Kier alpha value is -2.21. The van der Waals surface area contributed by atoms with E-state index < -0.39 is 0 Å². The van der Waals surface area contributed by atoms with Crippen molar-refractivity contribution < 1.29 is 4.74 Å². The van der Waals surface area contributed by atoms with E-state index in [1.807, 2.05) is 17.0 Å². The van der Waals surface area contributed by atoms with Crippen LogP contribution >= 0.6 is 0 Å². The van der Waals surface area contributed by atoms with Gasteiger partial charge in [-0.15, -0.1) is 10.2 Å². The van der Waals surface area contributed by atoms with Crippen molar-refractivity contribution in [3.05, 3.63) is 51.4 Å². The Bertz CT molecular complexity index is 703. The van der Waals surface area contributed by atoms with Crippen LogP contribution in [0.5, 0.6) is 0 Å². The molecule has 6 heteroatoms. The van der Waals surface area contributed by atoms with Crippen molar-refractivity contribution >= 4 is 5.95 Å². The van der Waals surface area contributed by atoms with Gasteiger partial charge in [0.2, 0.25) is 5.95 Å². The van der Waals surface area contributed by atoms with E-state index in [1.165, 1.54) is 5.56 Å². The smallest absolute Gasteiger partial charge is 0.274 e. The Labute approximate surface area is 135 Å². The molecule has 2 heterocycles. The van der Waals surface area contributed by atoms with Crippen LogP contribution in [0.4, 0.5) is 5.95 Å². The molecular weight excluding hydrogens is 292 g/mol. The van der Waals surface area contributed by atoms with Gasteiger partial charge in [0.1, 0.15) is 5.69 Å². The van der Waals surface area contributed by atoms with Crippen LogP contribution in [-0.4, -0.2) is 41.5 Å². The molecule has 1 aliphatic heterocycles. The number of rotatable bonds is 4. The summed E-state index contributed by atoms with van der Waals surface area (Å²) in [6.07, 6.45) is 0.490. The van der Waals surface area contributed by atoms with Crippen molar-refractivity contribution in [2.75, 3.05) is 31.2 Å². The molecule has 0 unspecified atom stereocenters. The van der Waals surface area contributed by atoms with E-state index in [1.54, 1.807) is 0 Å². The quantitative estimate of drug-likeness (QED) is 0.930. The van der Waals surface area contributed by atoms with Gasteiger partial charge in [0.05, 0.1) is 13.2 Å². The topological polar surface area (TPSA) is 71.1 Å². The number of nitrogens with zero attached hydrogens (tertiary/aromatic N) is 3. The molecule has 1 aromatic carbocycles. The Morgan fingerprint density at radius 2 is 1.87 bits per heavy atom. The number of aromatic amines is 1.